The van der Waals surface area contributed by atoms with Crippen molar-refractivity contribution in [1.29, 1.82) is 0 Å². The molecule has 1 heterocycles. The third-order valence-corrected chi connectivity index (χ3v) is 3.69. The molecule has 0 aliphatic carbocycles. The van der Waals surface area contributed by atoms with Gasteiger partial charge in [0.05, 0.1) is 0 Å². The van der Waals surface area contributed by atoms with E-state index in [9.17, 15) is 0 Å². The predicted molar refractivity (Wildman–Crippen MR) is 60.3 cm³/mol. The Morgan fingerprint density at radius 1 is 1.29 bits per heavy atom. The summed E-state index contributed by atoms with van der Waals surface area (Å²) in [6.45, 7) is 7.41. The van der Waals surface area contributed by atoms with E-state index < -0.39 is 0 Å². The molecule has 0 saturated carbocycles. The first-order chi connectivity index (χ1) is 6.65. The summed E-state index contributed by atoms with van der Waals surface area (Å²) in [4.78, 5) is 2.41. The molecule has 0 aromatic rings. The Balaban J connectivity index is 2.43. The molecule has 1 atom stereocenters. The van der Waals surface area contributed by atoms with Gasteiger partial charge < -0.3 is 10.0 Å². The number of nitrogens with zero attached hydrogens (tertiary/aromatic N) is 1. The standard InChI is InChI=1S/C12H25NO/c1-10(2)12(6-9-14)11-4-7-13(3)8-5-11/h10-12,14H,4-9H2,1-3H3. The van der Waals surface area contributed by atoms with Crippen LogP contribution in [0, 0.1) is 17.8 Å². The highest BCUT2D eigenvalue weighted by molar-refractivity contribution is 4.78. The van der Waals surface area contributed by atoms with Crippen molar-refractivity contribution in [3.8, 4) is 0 Å². The molecule has 14 heavy (non-hydrogen) atoms. The highest BCUT2D eigenvalue weighted by atomic mass is 16.3. The lowest BCUT2D eigenvalue weighted by atomic mass is 9.76. The number of hydrogen-bond acceptors (Lipinski definition) is 2. The Labute approximate surface area is 88.3 Å². The third kappa shape index (κ3) is 3.25. The van der Waals surface area contributed by atoms with Crippen LogP contribution in [0.2, 0.25) is 0 Å². The summed E-state index contributed by atoms with van der Waals surface area (Å²) in [6.07, 6.45) is 3.63. The molecule has 0 spiro atoms. The van der Waals surface area contributed by atoms with E-state index in [1.807, 2.05) is 0 Å². The first kappa shape index (κ1) is 12.0. The molecule has 2 heteroatoms. The fourth-order valence-electron chi connectivity index (χ4n) is 2.72. The molecule has 1 N–H and O–H groups in total. The van der Waals surface area contributed by atoms with Crippen LogP contribution in [0.15, 0.2) is 0 Å². The van der Waals surface area contributed by atoms with E-state index >= 15 is 0 Å². The van der Waals surface area contributed by atoms with Crippen LogP contribution in [-0.4, -0.2) is 36.8 Å². The average molecular weight is 199 g/mol. The first-order valence-electron chi connectivity index (χ1n) is 5.94. The molecule has 84 valence electrons. The summed E-state index contributed by atoms with van der Waals surface area (Å²) in [7, 11) is 2.20. The largest absolute Gasteiger partial charge is 0.396 e. The lowest BCUT2D eigenvalue weighted by Crippen LogP contribution is -2.35. The Bertz CT molecular complexity index is 150. The van der Waals surface area contributed by atoms with Crippen molar-refractivity contribution in [1.82, 2.24) is 4.90 Å². The monoisotopic (exact) mass is 199 g/mol. The summed E-state index contributed by atoms with van der Waals surface area (Å²) in [5, 5.41) is 9.06. The van der Waals surface area contributed by atoms with Crippen LogP contribution in [0.3, 0.4) is 0 Å². The zero-order chi connectivity index (χ0) is 10.6. The van der Waals surface area contributed by atoms with Gasteiger partial charge in [-0.3, -0.25) is 0 Å². The number of rotatable bonds is 4. The van der Waals surface area contributed by atoms with Crippen molar-refractivity contribution >= 4 is 0 Å². The summed E-state index contributed by atoms with van der Waals surface area (Å²) < 4.78 is 0. The van der Waals surface area contributed by atoms with Crippen LogP contribution in [-0.2, 0) is 0 Å². The van der Waals surface area contributed by atoms with E-state index in [4.69, 9.17) is 5.11 Å². The smallest absolute Gasteiger partial charge is 0.0433 e. The molecule has 1 unspecified atom stereocenters. The zero-order valence-corrected chi connectivity index (χ0v) is 9.87. The van der Waals surface area contributed by atoms with Crippen molar-refractivity contribution < 1.29 is 5.11 Å². The van der Waals surface area contributed by atoms with Crippen molar-refractivity contribution in [2.75, 3.05) is 26.7 Å². The minimum atomic E-state index is 0.356. The molecule has 1 saturated heterocycles. The minimum Gasteiger partial charge on any atom is -0.396 e. The second-order valence-electron chi connectivity index (χ2n) is 5.06. The van der Waals surface area contributed by atoms with Gasteiger partial charge in [0, 0.05) is 6.61 Å². The Morgan fingerprint density at radius 2 is 1.86 bits per heavy atom. The number of likely N-dealkylation sites (tertiary alicyclic amines) is 1. The van der Waals surface area contributed by atoms with Gasteiger partial charge in [-0.1, -0.05) is 13.8 Å². The summed E-state index contributed by atoms with van der Waals surface area (Å²) in [5.41, 5.74) is 0. The van der Waals surface area contributed by atoms with Crippen molar-refractivity contribution in [3.63, 3.8) is 0 Å². The van der Waals surface area contributed by atoms with Gasteiger partial charge in [-0.2, -0.15) is 0 Å². The minimum absolute atomic E-state index is 0.356. The first-order valence-corrected chi connectivity index (χ1v) is 5.94. The molecule has 0 radical (unpaired) electrons. The van der Waals surface area contributed by atoms with Crippen LogP contribution in [0.25, 0.3) is 0 Å². The van der Waals surface area contributed by atoms with E-state index in [2.05, 4.69) is 25.8 Å². The molecule has 0 bridgehead atoms. The molecule has 1 rings (SSSR count). The zero-order valence-electron chi connectivity index (χ0n) is 9.87. The maximum absolute atomic E-state index is 9.06. The Hall–Kier alpha value is -0.0800. The Morgan fingerprint density at radius 3 is 2.29 bits per heavy atom. The third-order valence-electron chi connectivity index (χ3n) is 3.69. The highest BCUT2D eigenvalue weighted by Gasteiger charge is 2.26. The second kappa shape index (κ2) is 5.72. The Kier molecular flexibility index (Phi) is 4.90. The van der Waals surface area contributed by atoms with E-state index in [1.165, 1.54) is 25.9 Å². The number of hydrogen-bond donors (Lipinski definition) is 1. The van der Waals surface area contributed by atoms with E-state index in [0.29, 0.717) is 6.61 Å². The molecule has 1 aliphatic rings. The van der Waals surface area contributed by atoms with Crippen molar-refractivity contribution in [2.45, 2.75) is 33.1 Å². The summed E-state index contributed by atoms with van der Waals surface area (Å²) in [6, 6.07) is 0. The van der Waals surface area contributed by atoms with Gasteiger partial charge in [0.2, 0.25) is 0 Å². The number of piperidine rings is 1. The van der Waals surface area contributed by atoms with Crippen molar-refractivity contribution in [3.05, 3.63) is 0 Å². The topological polar surface area (TPSA) is 23.5 Å². The molecular formula is C12H25NO. The van der Waals surface area contributed by atoms with Gasteiger partial charge in [-0.15, -0.1) is 0 Å². The van der Waals surface area contributed by atoms with Gasteiger partial charge in [-0.05, 0) is 57.2 Å². The van der Waals surface area contributed by atoms with Gasteiger partial charge in [0.1, 0.15) is 0 Å². The molecule has 0 aromatic heterocycles. The molecule has 1 aliphatic heterocycles. The van der Waals surface area contributed by atoms with Gasteiger partial charge in [-0.25, -0.2) is 0 Å². The van der Waals surface area contributed by atoms with E-state index in [1.54, 1.807) is 0 Å². The maximum Gasteiger partial charge on any atom is 0.0433 e. The van der Waals surface area contributed by atoms with E-state index in [0.717, 1.165) is 24.2 Å². The molecule has 0 aromatic carbocycles. The number of aliphatic hydroxyl groups excluding tert-OH is 1. The molecule has 1 fully saturated rings. The number of aliphatic hydroxyl groups is 1. The SMILES string of the molecule is CC(C)C(CCO)C1CCN(C)CC1. The predicted octanol–water partition coefficient (Wildman–Crippen LogP) is 1.98. The maximum atomic E-state index is 9.06. The van der Waals surface area contributed by atoms with Crippen molar-refractivity contribution in [2.24, 2.45) is 17.8 Å². The van der Waals surface area contributed by atoms with Gasteiger partial charge in [0.25, 0.3) is 0 Å². The van der Waals surface area contributed by atoms with Crippen LogP contribution >= 0.6 is 0 Å². The van der Waals surface area contributed by atoms with E-state index in [-0.39, 0.29) is 0 Å². The van der Waals surface area contributed by atoms with Crippen LogP contribution in [0.5, 0.6) is 0 Å². The van der Waals surface area contributed by atoms with Gasteiger partial charge >= 0.3 is 0 Å². The second-order valence-corrected chi connectivity index (χ2v) is 5.06. The quantitative estimate of drug-likeness (QED) is 0.748. The molecular weight excluding hydrogens is 174 g/mol. The fourth-order valence-corrected chi connectivity index (χ4v) is 2.72. The van der Waals surface area contributed by atoms with Crippen LogP contribution in [0.4, 0.5) is 0 Å². The fraction of sp³-hybridized carbons (Fsp3) is 1.00. The molecule has 0 amide bonds. The summed E-state index contributed by atoms with van der Waals surface area (Å²) in [5.74, 6) is 2.29. The van der Waals surface area contributed by atoms with Gasteiger partial charge in [0.15, 0.2) is 0 Å². The van der Waals surface area contributed by atoms with Crippen LogP contribution in [0.1, 0.15) is 33.1 Å². The normalized spacial score (nSPS) is 22.9. The highest BCUT2D eigenvalue weighted by Crippen LogP contribution is 2.31. The lowest BCUT2D eigenvalue weighted by molar-refractivity contribution is 0.118. The lowest BCUT2D eigenvalue weighted by Gasteiger charge is -2.36. The molecule has 2 nitrogen and oxygen atoms in total. The summed E-state index contributed by atoms with van der Waals surface area (Å²) >= 11 is 0. The average Bonchev–Trinajstić information content (AvgIpc) is 2.15. The van der Waals surface area contributed by atoms with Crippen LogP contribution < -0.4 is 0 Å².